The molecule has 0 saturated heterocycles. The minimum absolute atomic E-state index is 0.314. The van der Waals surface area contributed by atoms with Gasteiger partial charge in [0.1, 0.15) is 0 Å². The quantitative estimate of drug-likeness (QED) is 0.596. The van der Waals surface area contributed by atoms with E-state index in [2.05, 4.69) is 4.74 Å². The molecule has 0 aromatic carbocycles. The second-order valence-corrected chi connectivity index (χ2v) is 2.35. The number of carbonyl (C=O) groups is 1. The molecule has 0 aromatic rings. The maximum Gasteiger partial charge on any atom is 0.337 e. The lowest BCUT2D eigenvalue weighted by Crippen LogP contribution is -2.35. The van der Waals surface area contributed by atoms with Crippen molar-refractivity contribution < 1.29 is 14.6 Å². The Balaban J connectivity index is 3.91. The van der Waals surface area contributed by atoms with Crippen molar-refractivity contribution in [1.82, 2.24) is 0 Å². The summed E-state index contributed by atoms with van der Waals surface area (Å²) in [6, 6.07) is 0. The van der Waals surface area contributed by atoms with Gasteiger partial charge in [-0.1, -0.05) is 6.92 Å². The molecule has 0 bridgehead atoms. The van der Waals surface area contributed by atoms with Gasteiger partial charge in [0.15, 0.2) is 5.60 Å². The van der Waals surface area contributed by atoms with E-state index < -0.39 is 11.6 Å². The van der Waals surface area contributed by atoms with Crippen molar-refractivity contribution in [3.8, 4) is 0 Å². The van der Waals surface area contributed by atoms with Crippen LogP contribution in [-0.4, -0.2) is 23.3 Å². The second-order valence-electron chi connectivity index (χ2n) is 2.35. The van der Waals surface area contributed by atoms with Crippen LogP contribution >= 0.6 is 0 Å². The van der Waals surface area contributed by atoms with Crippen LogP contribution in [0.25, 0.3) is 0 Å². The first kappa shape index (κ1) is 9.43. The smallest absolute Gasteiger partial charge is 0.337 e. The van der Waals surface area contributed by atoms with E-state index in [1.165, 1.54) is 6.92 Å². The Hall–Kier alpha value is -0.570. The topological polar surface area (TPSA) is 46.5 Å². The molecular weight excluding hydrogens is 132 g/mol. The van der Waals surface area contributed by atoms with E-state index in [9.17, 15) is 9.90 Å². The van der Waals surface area contributed by atoms with Crippen LogP contribution in [0.1, 0.15) is 27.2 Å². The number of carbonyl (C=O) groups excluding carboxylic acids is 1. The summed E-state index contributed by atoms with van der Waals surface area (Å²) >= 11 is 0. The zero-order valence-corrected chi connectivity index (χ0v) is 6.68. The van der Waals surface area contributed by atoms with Crippen LogP contribution in [0.4, 0.5) is 0 Å². The molecule has 0 aliphatic carbocycles. The summed E-state index contributed by atoms with van der Waals surface area (Å²) in [5.41, 5.74) is -1.31. The largest absolute Gasteiger partial charge is 0.464 e. The van der Waals surface area contributed by atoms with Gasteiger partial charge < -0.3 is 9.84 Å². The Kier molecular flexibility index (Phi) is 3.36. The Morgan fingerprint density at radius 2 is 2.10 bits per heavy atom. The van der Waals surface area contributed by atoms with E-state index in [4.69, 9.17) is 0 Å². The average Bonchev–Trinajstić information content (AvgIpc) is 1.89. The van der Waals surface area contributed by atoms with Crippen LogP contribution in [0, 0.1) is 0 Å². The van der Waals surface area contributed by atoms with Gasteiger partial charge in [0.2, 0.25) is 0 Å². The molecule has 0 amide bonds. The first-order chi connectivity index (χ1) is 4.54. The highest BCUT2D eigenvalue weighted by atomic mass is 16.5. The van der Waals surface area contributed by atoms with Gasteiger partial charge >= 0.3 is 5.97 Å². The Morgan fingerprint density at radius 1 is 1.60 bits per heavy atom. The van der Waals surface area contributed by atoms with Crippen molar-refractivity contribution in [2.45, 2.75) is 32.8 Å². The molecule has 0 aromatic heterocycles. The van der Waals surface area contributed by atoms with Crippen molar-refractivity contribution in [2.75, 3.05) is 6.61 Å². The van der Waals surface area contributed by atoms with Gasteiger partial charge in [-0.25, -0.2) is 4.79 Å². The molecule has 0 unspecified atom stereocenters. The molecule has 0 rings (SSSR count). The minimum atomic E-state index is -1.31. The summed E-state index contributed by atoms with van der Waals surface area (Å²) in [6.07, 6.45) is 0.381. The zero-order valence-electron chi connectivity index (χ0n) is 6.68. The number of ether oxygens (including phenoxy) is 1. The first-order valence-electron chi connectivity index (χ1n) is 3.44. The second kappa shape index (κ2) is 3.56. The van der Waals surface area contributed by atoms with Gasteiger partial charge in [-0.15, -0.1) is 0 Å². The fourth-order valence-corrected chi connectivity index (χ4v) is 0.431. The fourth-order valence-electron chi connectivity index (χ4n) is 0.431. The highest BCUT2D eigenvalue weighted by Gasteiger charge is 2.28. The number of hydrogen-bond donors (Lipinski definition) is 1. The Morgan fingerprint density at radius 3 is 2.40 bits per heavy atom. The fraction of sp³-hybridized carbons (Fsp3) is 0.857. The third kappa shape index (κ3) is 2.35. The third-order valence-corrected chi connectivity index (χ3v) is 1.40. The van der Waals surface area contributed by atoms with E-state index in [0.29, 0.717) is 13.0 Å². The molecule has 10 heavy (non-hydrogen) atoms. The maximum atomic E-state index is 10.8. The molecule has 3 nitrogen and oxygen atoms in total. The van der Waals surface area contributed by atoms with Crippen LogP contribution in [0.3, 0.4) is 0 Å². The summed E-state index contributed by atoms with van der Waals surface area (Å²) < 4.78 is 4.61. The lowest BCUT2D eigenvalue weighted by atomic mass is 10.1. The summed E-state index contributed by atoms with van der Waals surface area (Å²) in [6.45, 7) is 5.21. The monoisotopic (exact) mass is 146 g/mol. The standard InChI is InChI=1S/C7H14O3/c1-4-7(3,9)6(8)10-5-2/h9H,4-5H2,1-3H3/t7-/m1/s1. The molecule has 3 heteroatoms. The van der Waals surface area contributed by atoms with Gasteiger partial charge in [-0.2, -0.15) is 0 Å². The molecule has 0 radical (unpaired) electrons. The number of rotatable bonds is 3. The molecule has 1 N–H and O–H groups in total. The first-order valence-corrected chi connectivity index (χ1v) is 3.44. The lowest BCUT2D eigenvalue weighted by Gasteiger charge is -2.17. The molecule has 0 fully saturated rings. The molecule has 60 valence electrons. The SMILES string of the molecule is CCOC(=O)[C@](C)(O)CC. The van der Waals surface area contributed by atoms with Crippen LogP contribution in [0.5, 0.6) is 0 Å². The van der Waals surface area contributed by atoms with E-state index in [0.717, 1.165) is 0 Å². The van der Waals surface area contributed by atoms with Crippen LogP contribution in [0.2, 0.25) is 0 Å². The van der Waals surface area contributed by atoms with Crippen molar-refractivity contribution in [2.24, 2.45) is 0 Å². The molecular formula is C7H14O3. The molecule has 0 aliphatic rings. The Bertz CT molecular complexity index is 118. The third-order valence-electron chi connectivity index (χ3n) is 1.40. The lowest BCUT2D eigenvalue weighted by molar-refractivity contribution is -0.163. The minimum Gasteiger partial charge on any atom is -0.464 e. The zero-order chi connectivity index (χ0) is 8.20. The molecule has 1 atom stereocenters. The van der Waals surface area contributed by atoms with Crippen LogP contribution in [-0.2, 0) is 9.53 Å². The highest BCUT2D eigenvalue weighted by molar-refractivity contribution is 5.78. The summed E-state index contributed by atoms with van der Waals surface area (Å²) in [7, 11) is 0. The summed E-state index contributed by atoms with van der Waals surface area (Å²) in [4.78, 5) is 10.8. The Labute approximate surface area is 61.0 Å². The van der Waals surface area contributed by atoms with E-state index in [1.807, 2.05) is 0 Å². The van der Waals surface area contributed by atoms with Crippen molar-refractivity contribution in [3.05, 3.63) is 0 Å². The van der Waals surface area contributed by atoms with Gasteiger partial charge in [0, 0.05) is 0 Å². The van der Waals surface area contributed by atoms with Gasteiger partial charge in [0.25, 0.3) is 0 Å². The average molecular weight is 146 g/mol. The summed E-state index contributed by atoms with van der Waals surface area (Å²) in [5, 5.41) is 9.25. The van der Waals surface area contributed by atoms with Crippen molar-refractivity contribution in [1.29, 1.82) is 0 Å². The molecule has 0 saturated carbocycles. The molecule has 0 spiro atoms. The predicted molar refractivity (Wildman–Crippen MR) is 37.5 cm³/mol. The van der Waals surface area contributed by atoms with Crippen molar-refractivity contribution >= 4 is 5.97 Å². The van der Waals surface area contributed by atoms with Crippen molar-refractivity contribution in [3.63, 3.8) is 0 Å². The maximum absolute atomic E-state index is 10.8. The molecule has 0 aliphatic heterocycles. The van der Waals surface area contributed by atoms with E-state index >= 15 is 0 Å². The number of aliphatic hydroxyl groups is 1. The predicted octanol–water partition coefficient (Wildman–Crippen LogP) is 0.710. The summed E-state index contributed by atoms with van der Waals surface area (Å²) in [5.74, 6) is -0.544. The number of hydrogen-bond acceptors (Lipinski definition) is 3. The van der Waals surface area contributed by atoms with E-state index in [1.54, 1.807) is 13.8 Å². The normalized spacial score (nSPS) is 16.0. The van der Waals surface area contributed by atoms with Crippen LogP contribution < -0.4 is 0 Å². The highest BCUT2D eigenvalue weighted by Crippen LogP contribution is 2.09. The van der Waals surface area contributed by atoms with Gasteiger partial charge in [-0.3, -0.25) is 0 Å². The van der Waals surface area contributed by atoms with Gasteiger partial charge in [0.05, 0.1) is 6.61 Å². The molecule has 0 heterocycles. The van der Waals surface area contributed by atoms with Gasteiger partial charge in [-0.05, 0) is 20.3 Å². The van der Waals surface area contributed by atoms with E-state index in [-0.39, 0.29) is 0 Å². The van der Waals surface area contributed by atoms with Crippen LogP contribution in [0.15, 0.2) is 0 Å². The number of esters is 1.